The van der Waals surface area contributed by atoms with Gasteiger partial charge in [-0.3, -0.25) is 0 Å². The molecule has 0 fully saturated rings. The summed E-state index contributed by atoms with van der Waals surface area (Å²) in [5, 5.41) is 8.12. The molecule has 122 valence electrons. The summed E-state index contributed by atoms with van der Waals surface area (Å²) in [5.41, 5.74) is 9.78. The minimum atomic E-state index is -3.72. The van der Waals surface area contributed by atoms with Gasteiger partial charge < -0.3 is 11.1 Å². The fourth-order valence-corrected chi connectivity index (χ4v) is 2.59. The topological polar surface area (TPSA) is 111 Å². The zero-order chi connectivity index (χ0) is 17.0. The third-order valence-electron chi connectivity index (χ3n) is 3.44. The van der Waals surface area contributed by atoms with Gasteiger partial charge in [-0.05, 0) is 54.8 Å². The highest BCUT2D eigenvalue weighted by Gasteiger charge is 2.07. The first kappa shape index (κ1) is 17.0. The quantitative estimate of drug-likeness (QED) is 0.586. The number of rotatable bonds is 4. The van der Waals surface area contributed by atoms with Crippen LogP contribution in [-0.4, -0.2) is 14.4 Å². The molecule has 0 saturated heterocycles. The molecule has 2 rings (SSSR count). The van der Waals surface area contributed by atoms with Crippen LogP contribution in [0.15, 0.2) is 52.4 Å². The van der Waals surface area contributed by atoms with Gasteiger partial charge in [-0.1, -0.05) is 18.2 Å². The Morgan fingerprint density at radius 2 is 1.87 bits per heavy atom. The molecule has 23 heavy (non-hydrogen) atoms. The number of nitrogens with one attached hydrogen (secondary N) is 1. The van der Waals surface area contributed by atoms with Crippen LogP contribution in [0.25, 0.3) is 0 Å². The lowest BCUT2D eigenvalue weighted by atomic mass is 10.1. The SMILES string of the molecule is Cc1ccc(NC(N)=NCc2cccc(S(N)(=O)=O)c2)cc1C. The summed E-state index contributed by atoms with van der Waals surface area (Å²) in [5.74, 6) is 0.259. The van der Waals surface area contributed by atoms with E-state index in [2.05, 4.69) is 10.3 Å². The van der Waals surface area contributed by atoms with Gasteiger partial charge in [0.2, 0.25) is 10.0 Å². The van der Waals surface area contributed by atoms with Crippen molar-refractivity contribution in [3.05, 3.63) is 59.2 Å². The van der Waals surface area contributed by atoms with Crippen molar-refractivity contribution in [3.8, 4) is 0 Å². The zero-order valence-corrected chi connectivity index (χ0v) is 13.9. The Labute approximate surface area is 136 Å². The fourth-order valence-electron chi connectivity index (χ4n) is 2.00. The monoisotopic (exact) mass is 332 g/mol. The average molecular weight is 332 g/mol. The summed E-state index contributed by atoms with van der Waals surface area (Å²) in [6.45, 7) is 4.31. The molecule has 0 unspecified atom stereocenters. The molecule has 0 aliphatic rings. The number of nitrogens with zero attached hydrogens (tertiary/aromatic N) is 1. The number of sulfonamides is 1. The number of primary sulfonamides is 1. The van der Waals surface area contributed by atoms with Crippen LogP contribution in [0.1, 0.15) is 16.7 Å². The molecule has 2 aromatic rings. The second-order valence-corrected chi connectivity index (χ2v) is 6.88. The third kappa shape index (κ3) is 4.80. The Balaban J connectivity index is 2.09. The van der Waals surface area contributed by atoms with E-state index in [0.717, 1.165) is 11.3 Å². The summed E-state index contributed by atoms with van der Waals surface area (Å²) < 4.78 is 22.7. The van der Waals surface area contributed by atoms with E-state index >= 15 is 0 Å². The van der Waals surface area contributed by atoms with Crippen LogP contribution in [0.4, 0.5) is 5.69 Å². The van der Waals surface area contributed by atoms with Crippen LogP contribution in [0.2, 0.25) is 0 Å². The number of aryl methyl sites for hydroxylation is 2. The summed E-state index contributed by atoms with van der Waals surface area (Å²) in [6, 6.07) is 12.2. The minimum absolute atomic E-state index is 0.0610. The minimum Gasteiger partial charge on any atom is -0.370 e. The van der Waals surface area contributed by atoms with Crippen LogP contribution in [0.5, 0.6) is 0 Å². The van der Waals surface area contributed by atoms with Crippen molar-refractivity contribution in [3.63, 3.8) is 0 Å². The van der Waals surface area contributed by atoms with Crippen molar-refractivity contribution in [2.75, 3.05) is 5.32 Å². The van der Waals surface area contributed by atoms with E-state index in [-0.39, 0.29) is 17.4 Å². The average Bonchev–Trinajstić information content (AvgIpc) is 2.48. The Morgan fingerprint density at radius 1 is 1.13 bits per heavy atom. The maximum Gasteiger partial charge on any atom is 0.238 e. The molecule has 0 radical (unpaired) electrons. The van der Waals surface area contributed by atoms with Crippen molar-refractivity contribution in [2.24, 2.45) is 15.9 Å². The molecule has 0 aromatic heterocycles. The van der Waals surface area contributed by atoms with Gasteiger partial charge in [0.15, 0.2) is 5.96 Å². The van der Waals surface area contributed by atoms with Crippen molar-refractivity contribution in [2.45, 2.75) is 25.3 Å². The molecule has 0 amide bonds. The molecule has 0 spiro atoms. The number of hydrogen-bond donors (Lipinski definition) is 3. The zero-order valence-electron chi connectivity index (χ0n) is 13.1. The first-order chi connectivity index (χ1) is 10.8. The van der Waals surface area contributed by atoms with E-state index in [9.17, 15) is 8.42 Å². The number of nitrogens with two attached hydrogens (primary N) is 2. The normalized spacial score (nSPS) is 12.2. The predicted molar refractivity (Wildman–Crippen MR) is 92.7 cm³/mol. The molecule has 6 nitrogen and oxygen atoms in total. The Hall–Kier alpha value is -2.38. The molecule has 0 aliphatic heterocycles. The molecule has 2 aromatic carbocycles. The summed E-state index contributed by atoms with van der Waals surface area (Å²) in [6.07, 6.45) is 0. The second kappa shape index (κ2) is 6.80. The van der Waals surface area contributed by atoms with E-state index in [1.807, 2.05) is 32.0 Å². The Bertz CT molecular complexity index is 845. The van der Waals surface area contributed by atoms with Crippen LogP contribution in [-0.2, 0) is 16.6 Å². The number of aliphatic imine (C=N–C) groups is 1. The van der Waals surface area contributed by atoms with Gasteiger partial charge in [-0.2, -0.15) is 0 Å². The molecule has 7 heteroatoms. The van der Waals surface area contributed by atoms with Crippen LogP contribution in [0, 0.1) is 13.8 Å². The number of benzene rings is 2. The molecular weight excluding hydrogens is 312 g/mol. The standard InChI is InChI=1S/C16H20N4O2S/c1-11-6-7-14(8-12(11)2)20-16(17)19-10-13-4-3-5-15(9-13)23(18,21)22/h3-9H,10H2,1-2H3,(H3,17,19,20)(H2,18,21,22). The lowest BCUT2D eigenvalue weighted by Crippen LogP contribution is -2.22. The van der Waals surface area contributed by atoms with E-state index in [0.29, 0.717) is 5.56 Å². The van der Waals surface area contributed by atoms with Crippen LogP contribution in [0.3, 0.4) is 0 Å². The van der Waals surface area contributed by atoms with Crippen molar-refractivity contribution in [1.29, 1.82) is 0 Å². The highest BCUT2D eigenvalue weighted by atomic mass is 32.2. The van der Waals surface area contributed by atoms with Crippen molar-refractivity contribution < 1.29 is 8.42 Å². The summed E-state index contributed by atoms with van der Waals surface area (Å²) >= 11 is 0. The number of anilines is 1. The largest absolute Gasteiger partial charge is 0.370 e. The maximum absolute atomic E-state index is 11.3. The van der Waals surface area contributed by atoms with Gasteiger partial charge in [-0.15, -0.1) is 0 Å². The molecule has 0 atom stereocenters. The van der Waals surface area contributed by atoms with Crippen LogP contribution < -0.4 is 16.2 Å². The van der Waals surface area contributed by atoms with Gasteiger partial charge in [-0.25, -0.2) is 18.5 Å². The summed E-state index contributed by atoms with van der Waals surface area (Å²) in [4.78, 5) is 4.27. The van der Waals surface area contributed by atoms with Crippen LogP contribution >= 0.6 is 0 Å². The van der Waals surface area contributed by atoms with Gasteiger partial charge >= 0.3 is 0 Å². The first-order valence-electron chi connectivity index (χ1n) is 7.01. The Morgan fingerprint density at radius 3 is 2.52 bits per heavy atom. The highest BCUT2D eigenvalue weighted by molar-refractivity contribution is 7.89. The number of guanidine groups is 1. The highest BCUT2D eigenvalue weighted by Crippen LogP contribution is 2.14. The summed E-state index contributed by atoms with van der Waals surface area (Å²) in [7, 11) is -3.72. The molecule has 0 bridgehead atoms. The van der Waals surface area contributed by atoms with E-state index < -0.39 is 10.0 Å². The van der Waals surface area contributed by atoms with Gasteiger partial charge in [0.05, 0.1) is 11.4 Å². The molecular formula is C16H20N4O2S. The Kier molecular flexibility index (Phi) is 5.02. The van der Waals surface area contributed by atoms with E-state index in [1.165, 1.54) is 17.7 Å². The maximum atomic E-state index is 11.3. The molecule has 5 N–H and O–H groups in total. The van der Waals surface area contributed by atoms with Crippen molar-refractivity contribution in [1.82, 2.24) is 0 Å². The van der Waals surface area contributed by atoms with E-state index in [4.69, 9.17) is 10.9 Å². The second-order valence-electron chi connectivity index (χ2n) is 5.32. The smallest absolute Gasteiger partial charge is 0.238 e. The molecule has 0 heterocycles. The first-order valence-corrected chi connectivity index (χ1v) is 8.56. The van der Waals surface area contributed by atoms with Crippen molar-refractivity contribution >= 4 is 21.7 Å². The van der Waals surface area contributed by atoms with Gasteiger partial charge in [0, 0.05) is 5.69 Å². The molecule has 0 saturated carbocycles. The number of hydrogen-bond acceptors (Lipinski definition) is 3. The van der Waals surface area contributed by atoms with Gasteiger partial charge in [0.25, 0.3) is 0 Å². The lowest BCUT2D eigenvalue weighted by Gasteiger charge is -2.08. The van der Waals surface area contributed by atoms with Gasteiger partial charge in [0.1, 0.15) is 0 Å². The third-order valence-corrected chi connectivity index (χ3v) is 4.35. The fraction of sp³-hybridized carbons (Fsp3) is 0.188. The predicted octanol–water partition coefficient (Wildman–Crippen LogP) is 1.88. The molecule has 0 aliphatic carbocycles. The lowest BCUT2D eigenvalue weighted by molar-refractivity contribution is 0.597. The van der Waals surface area contributed by atoms with E-state index in [1.54, 1.807) is 12.1 Å².